The first-order chi connectivity index (χ1) is 13.6. The zero-order chi connectivity index (χ0) is 19.6. The fourth-order valence-electron chi connectivity index (χ4n) is 6.71. The molecule has 0 spiro atoms. The van der Waals surface area contributed by atoms with E-state index in [1.165, 1.54) is 57.8 Å². The summed E-state index contributed by atoms with van der Waals surface area (Å²) in [6.07, 6.45) is 17.0. The number of hydrogen-bond acceptors (Lipinski definition) is 2. The Morgan fingerprint density at radius 1 is 1.04 bits per heavy atom. The second kappa shape index (κ2) is 8.42. The number of amides is 2. The van der Waals surface area contributed by atoms with Gasteiger partial charge in [-0.1, -0.05) is 19.8 Å². The molecule has 28 heavy (non-hydrogen) atoms. The Hall–Kier alpha value is -1.58. The molecule has 4 heteroatoms. The van der Waals surface area contributed by atoms with Crippen LogP contribution in [0.4, 0.5) is 10.5 Å². The molecule has 0 saturated heterocycles. The topological polar surface area (TPSA) is 36.4 Å². The summed E-state index contributed by atoms with van der Waals surface area (Å²) in [6, 6.07) is 3.98. The summed E-state index contributed by atoms with van der Waals surface area (Å²) < 4.78 is 0. The van der Waals surface area contributed by atoms with Crippen LogP contribution in [-0.2, 0) is 0 Å². The van der Waals surface area contributed by atoms with E-state index in [4.69, 9.17) is 0 Å². The molecule has 4 aliphatic rings. The fourth-order valence-corrected chi connectivity index (χ4v) is 6.71. The van der Waals surface area contributed by atoms with Gasteiger partial charge in [0.25, 0.3) is 0 Å². The van der Waals surface area contributed by atoms with Gasteiger partial charge in [0, 0.05) is 38.2 Å². The Labute approximate surface area is 170 Å². The van der Waals surface area contributed by atoms with Crippen molar-refractivity contribution in [3.05, 3.63) is 24.5 Å². The lowest BCUT2D eigenvalue weighted by atomic mass is 9.49. The van der Waals surface area contributed by atoms with Crippen LogP contribution in [0.25, 0.3) is 0 Å². The molecule has 4 aliphatic carbocycles. The zero-order valence-corrected chi connectivity index (χ0v) is 17.8. The van der Waals surface area contributed by atoms with Crippen LogP contribution >= 0.6 is 0 Å². The van der Waals surface area contributed by atoms with Crippen molar-refractivity contribution in [1.82, 2.24) is 9.88 Å². The van der Waals surface area contributed by atoms with Crippen LogP contribution in [-0.4, -0.2) is 36.1 Å². The highest BCUT2D eigenvalue weighted by atomic mass is 16.2. The van der Waals surface area contributed by atoms with E-state index in [1.54, 1.807) is 17.3 Å². The molecule has 1 aromatic heterocycles. The highest BCUT2D eigenvalue weighted by Crippen LogP contribution is 2.61. The maximum atomic E-state index is 13.3. The Bertz CT molecular complexity index is 624. The van der Waals surface area contributed by atoms with Gasteiger partial charge in [0.1, 0.15) is 0 Å². The molecular weight excluding hydrogens is 346 g/mol. The fraction of sp³-hybridized carbons (Fsp3) is 0.750. The van der Waals surface area contributed by atoms with E-state index in [0.29, 0.717) is 5.41 Å². The summed E-state index contributed by atoms with van der Waals surface area (Å²) in [5.74, 6) is 2.94. The van der Waals surface area contributed by atoms with Crippen LogP contribution in [0.2, 0.25) is 0 Å². The van der Waals surface area contributed by atoms with Gasteiger partial charge in [0.05, 0.1) is 0 Å². The number of carbonyl (C=O) groups is 1. The molecule has 0 radical (unpaired) electrons. The first-order valence-corrected chi connectivity index (χ1v) is 11.5. The molecule has 0 atom stereocenters. The van der Waals surface area contributed by atoms with Crippen molar-refractivity contribution < 1.29 is 4.79 Å². The first-order valence-electron chi connectivity index (χ1n) is 11.5. The molecule has 0 N–H and O–H groups in total. The van der Waals surface area contributed by atoms with Crippen molar-refractivity contribution in [2.45, 2.75) is 71.1 Å². The van der Waals surface area contributed by atoms with Crippen LogP contribution < -0.4 is 4.90 Å². The number of unbranched alkanes of at least 4 members (excludes halogenated alkanes) is 2. The van der Waals surface area contributed by atoms with Crippen LogP contribution in [0.1, 0.15) is 71.1 Å². The van der Waals surface area contributed by atoms with Gasteiger partial charge in [-0.3, -0.25) is 9.88 Å². The second-order valence-corrected chi connectivity index (χ2v) is 9.91. The third-order valence-corrected chi connectivity index (χ3v) is 7.72. The van der Waals surface area contributed by atoms with Crippen molar-refractivity contribution in [2.24, 2.45) is 23.2 Å². The molecule has 5 rings (SSSR count). The summed E-state index contributed by atoms with van der Waals surface area (Å²) in [4.78, 5) is 21.3. The van der Waals surface area contributed by atoms with Crippen molar-refractivity contribution in [2.75, 3.05) is 25.0 Å². The maximum Gasteiger partial charge on any atom is 0.324 e. The van der Waals surface area contributed by atoms with E-state index in [2.05, 4.69) is 16.8 Å². The standard InChI is InChI=1S/C24H37N3O/c1-3-4-5-11-27(23(28)26(2)22-6-9-25-10-7-22)12-8-24-16-19-13-20(17-24)15-21(14-19)18-24/h6-7,9-10,19-21H,3-5,8,11-18H2,1-2H3. The van der Waals surface area contributed by atoms with Crippen molar-refractivity contribution in [3.8, 4) is 0 Å². The molecule has 0 aliphatic heterocycles. The van der Waals surface area contributed by atoms with Gasteiger partial charge in [0.15, 0.2) is 0 Å². The maximum absolute atomic E-state index is 13.3. The number of urea groups is 1. The number of hydrogen-bond donors (Lipinski definition) is 0. The minimum atomic E-state index is 0.145. The predicted octanol–water partition coefficient (Wildman–Crippen LogP) is 5.74. The molecule has 154 valence electrons. The summed E-state index contributed by atoms with van der Waals surface area (Å²) in [5.41, 5.74) is 1.46. The van der Waals surface area contributed by atoms with Gasteiger partial charge in [-0.2, -0.15) is 0 Å². The summed E-state index contributed by atoms with van der Waals surface area (Å²) in [5, 5.41) is 0. The Kier molecular flexibility index (Phi) is 5.93. The number of nitrogens with zero attached hydrogens (tertiary/aromatic N) is 3. The SMILES string of the molecule is CCCCCN(CCC12CC3CC(CC(C3)C1)C2)C(=O)N(C)c1ccncc1. The van der Waals surface area contributed by atoms with Gasteiger partial charge in [-0.25, -0.2) is 4.79 Å². The quantitative estimate of drug-likeness (QED) is 0.537. The van der Waals surface area contributed by atoms with E-state index in [0.717, 1.165) is 43.0 Å². The summed E-state index contributed by atoms with van der Waals surface area (Å²) in [6.45, 7) is 4.03. The highest BCUT2D eigenvalue weighted by Gasteiger charge is 2.50. The van der Waals surface area contributed by atoms with Crippen LogP contribution in [0.3, 0.4) is 0 Å². The normalized spacial score (nSPS) is 30.4. The van der Waals surface area contributed by atoms with Crippen molar-refractivity contribution in [3.63, 3.8) is 0 Å². The van der Waals surface area contributed by atoms with Gasteiger partial charge in [-0.15, -0.1) is 0 Å². The zero-order valence-electron chi connectivity index (χ0n) is 17.8. The van der Waals surface area contributed by atoms with E-state index < -0.39 is 0 Å². The van der Waals surface area contributed by atoms with E-state index in [-0.39, 0.29) is 6.03 Å². The Balaban J connectivity index is 1.42. The number of aromatic nitrogens is 1. The van der Waals surface area contributed by atoms with Crippen molar-refractivity contribution >= 4 is 11.7 Å². The van der Waals surface area contributed by atoms with Crippen LogP contribution in [0, 0.1) is 23.2 Å². The van der Waals surface area contributed by atoms with E-state index >= 15 is 0 Å². The smallest absolute Gasteiger partial charge is 0.324 e. The second-order valence-electron chi connectivity index (χ2n) is 9.91. The van der Waals surface area contributed by atoms with E-state index in [9.17, 15) is 4.79 Å². The predicted molar refractivity (Wildman–Crippen MR) is 114 cm³/mol. The number of rotatable bonds is 8. The minimum Gasteiger partial charge on any atom is -0.324 e. The number of anilines is 1. The lowest BCUT2D eigenvalue weighted by Crippen LogP contribution is -2.49. The van der Waals surface area contributed by atoms with Crippen LogP contribution in [0.15, 0.2) is 24.5 Å². The summed E-state index contributed by atoms with van der Waals surface area (Å²) in [7, 11) is 1.90. The average molecular weight is 384 g/mol. The number of carbonyl (C=O) groups excluding carboxylic acids is 1. The Morgan fingerprint density at radius 3 is 2.21 bits per heavy atom. The molecule has 1 heterocycles. The molecule has 4 saturated carbocycles. The number of pyridine rings is 1. The van der Waals surface area contributed by atoms with Gasteiger partial charge in [-0.05, 0) is 86.7 Å². The molecular formula is C24H37N3O. The highest BCUT2D eigenvalue weighted by molar-refractivity contribution is 5.91. The van der Waals surface area contributed by atoms with Gasteiger partial charge < -0.3 is 4.90 Å². The summed E-state index contributed by atoms with van der Waals surface area (Å²) >= 11 is 0. The van der Waals surface area contributed by atoms with Crippen molar-refractivity contribution in [1.29, 1.82) is 0 Å². The lowest BCUT2D eigenvalue weighted by Gasteiger charge is -2.57. The Morgan fingerprint density at radius 2 is 1.64 bits per heavy atom. The van der Waals surface area contributed by atoms with Gasteiger partial charge >= 0.3 is 6.03 Å². The molecule has 2 amide bonds. The largest absolute Gasteiger partial charge is 0.324 e. The monoisotopic (exact) mass is 383 g/mol. The average Bonchev–Trinajstić information content (AvgIpc) is 2.69. The minimum absolute atomic E-state index is 0.145. The van der Waals surface area contributed by atoms with Crippen LogP contribution in [0.5, 0.6) is 0 Å². The third-order valence-electron chi connectivity index (χ3n) is 7.72. The first kappa shape index (κ1) is 19.7. The van der Waals surface area contributed by atoms with Gasteiger partial charge in [0.2, 0.25) is 0 Å². The lowest BCUT2D eigenvalue weighted by molar-refractivity contribution is -0.0595. The third kappa shape index (κ3) is 4.21. The molecule has 1 aromatic rings. The molecule has 0 aromatic carbocycles. The molecule has 0 unspecified atom stereocenters. The molecule has 4 bridgehead atoms. The molecule has 4 fully saturated rings. The molecule has 4 nitrogen and oxygen atoms in total. The van der Waals surface area contributed by atoms with E-state index in [1.807, 2.05) is 19.2 Å².